The number of nitro benzene ring substituents is 1. The van der Waals surface area contributed by atoms with Gasteiger partial charge in [-0.25, -0.2) is 9.69 Å². The van der Waals surface area contributed by atoms with Crippen molar-refractivity contribution in [2.24, 2.45) is 0 Å². The van der Waals surface area contributed by atoms with E-state index in [0.29, 0.717) is 18.7 Å². The van der Waals surface area contributed by atoms with Crippen molar-refractivity contribution < 1.29 is 14.5 Å². The summed E-state index contributed by atoms with van der Waals surface area (Å²) >= 11 is 0. The summed E-state index contributed by atoms with van der Waals surface area (Å²) < 4.78 is 0. The summed E-state index contributed by atoms with van der Waals surface area (Å²) in [6.45, 7) is 0.596. The molecule has 3 rings (SSSR count). The maximum absolute atomic E-state index is 12.5. The largest absolute Gasteiger partial charge is 0.332 e. The second-order valence-electron chi connectivity index (χ2n) is 5.29. The molecule has 0 aromatic heterocycles. The first-order chi connectivity index (χ1) is 10.1. The van der Waals surface area contributed by atoms with Crippen molar-refractivity contribution >= 4 is 23.3 Å². The number of amides is 3. The van der Waals surface area contributed by atoms with E-state index in [1.54, 1.807) is 4.90 Å². The second-order valence-corrected chi connectivity index (χ2v) is 5.29. The van der Waals surface area contributed by atoms with Gasteiger partial charge in [0.25, 0.3) is 11.6 Å². The normalized spacial score (nSPS) is 22.2. The van der Waals surface area contributed by atoms with Crippen LogP contribution < -0.4 is 4.90 Å². The molecule has 1 unspecified atom stereocenters. The van der Waals surface area contributed by atoms with Crippen LogP contribution in [0.4, 0.5) is 16.2 Å². The van der Waals surface area contributed by atoms with Gasteiger partial charge in [-0.2, -0.15) is 0 Å². The molecule has 2 heterocycles. The third-order valence-corrected chi connectivity index (χ3v) is 4.01. The quantitative estimate of drug-likeness (QED) is 0.475. The van der Waals surface area contributed by atoms with E-state index >= 15 is 0 Å². The number of anilines is 1. The Hall–Kier alpha value is -2.44. The molecule has 1 atom stereocenters. The summed E-state index contributed by atoms with van der Waals surface area (Å²) in [4.78, 5) is 37.8. The average molecular weight is 289 g/mol. The van der Waals surface area contributed by atoms with Crippen molar-refractivity contribution in [3.63, 3.8) is 0 Å². The predicted octanol–water partition coefficient (Wildman–Crippen LogP) is 2.31. The first-order valence-corrected chi connectivity index (χ1v) is 6.98. The molecule has 3 amide bonds. The molecule has 110 valence electrons. The monoisotopic (exact) mass is 289 g/mol. The van der Waals surface area contributed by atoms with Gasteiger partial charge < -0.3 is 4.90 Å². The molecule has 0 bridgehead atoms. The molecule has 7 nitrogen and oxygen atoms in total. The summed E-state index contributed by atoms with van der Waals surface area (Å²) in [6.07, 6.45) is 3.57. The van der Waals surface area contributed by atoms with Gasteiger partial charge in [-0.1, -0.05) is 12.8 Å². The Kier molecular flexibility index (Phi) is 3.32. The zero-order valence-corrected chi connectivity index (χ0v) is 11.4. The van der Waals surface area contributed by atoms with Gasteiger partial charge in [0.05, 0.1) is 10.6 Å². The van der Waals surface area contributed by atoms with Crippen molar-refractivity contribution in [3.8, 4) is 0 Å². The van der Waals surface area contributed by atoms with Gasteiger partial charge in [-0.05, 0) is 25.0 Å². The molecule has 7 heteroatoms. The predicted molar refractivity (Wildman–Crippen MR) is 74.9 cm³/mol. The molecule has 1 aromatic carbocycles. The number of fused-ring (bicyclic) bond motifs is 1. The first kappa shape index (κ1) is 13.5. The van der Waals surface area contributed by atoms with Crippen molar-refractivity contribution in [2.75, 3.05) is 11.4 Å². The topological polar surface area (TPSA) is 83.8 Å². The summed E-state index contributed by atoms with van der Waals surface area (Å²) in [5.41, 5.74) is 0.330. The number of benzene rings is 1. The van der Waals surface area contributed by atoms with E-state index in [1.807, 2.05) is 0 Å². The van der Waals surface area contributed by atoms with Crippen LogP contribution in [0.1, 0.15) is 25.7 Å². The zero-order valence-electron chi connectivity index (χ0n) is 11.4. The fourth-order valence-corrected chi connectivity index (χ4v) is 2.93. The molecule has 2 fully saturated rings. The number of hydrogen-bond acceptors (Lipinski definition) is 4. The van der Waals surface area contributed by atoms with Crippen molar-refractivity contribution in [1.29, 1.82) is 0 Å². The molecule has 0 spiro atoms. The molecular formula is C14H15N3O4. The highest BCUT2D eigenvalue weighted by molar-refractivity contribution is 6.21. The lowest BCUT2D eigenvalue weighted by Gasteiger charge is -2.18. The lowest BCUT2D eigenvalue weighted by Crippen LogP contribution is -2.34. The number of urea groups is 1. The second kappa shape index (κ2) is 5.16. The third kappa shape index (κ3) is 2.24. The van der Waals surface area contributed by atoms with Crippen LogP contribution in [-0.4, -0.2) is 34.3 Å². The Morgan fingerprint density at radius 2 is 1.81 bits per heavy atom. The average Bonchev–Trinajstić information content (AvgIpc) is 2.65. The van der Waals surface area contributed by atoms with Gasteiger partial charge in [0.15, 0.2) is 0 Å². The van der Waals surface area contributed by atoms with Gasteiger partial charge in [0.2, 0.25) is 0 Å². The maximum Gasteiger partial charge on any atom is 0.332 e. The Bertz CT molecular complexity index is 575. The van der Waals surface area contributed by atoms with Crippen LogP contribution in [0.5, 0.6) is 0 Å². The van der Waals surface area contributed by atoms with Crippen LogP contribution >= 0.6 is 0 Å². The standard InChI is InChI=1S/C14H15N3O4/c18-13-12-4-2-1-3-9-15(12)14(19)16(13)10-5-7-11(8-6-10)17(20)21/h5-8,12H,1-4,9H2. The molecule has 0 saturated carbocycles. The summed E-state index contributed by atoms with van der Waals surface area (Å²) in [5.74, 6) is -0.226. The highest BCUT2D eigenvalue weighted by Crippen LogP contribution is 2.30. The highest BCUT2D eigenvalue weighted by atomic mass is 16.6. The molecular weight excluding hydrogens is 274 g/mol. The molecule has 2 saturated heterocycles. The minimum Gasteiger partial charge on any atom is -0.312 e. The van der Waals surface area contributed by atoms with E-state index < -0.39 is 4.92 Å². The molecule has 0 aliphatic carbocycles. The van der Waals surface area contributed by atoms with E-state index in [9.17, 15) is 19.7 Å². The van der Waals surface area contributed by atoms with Crippen LogP contribution in [0.25, 0.3) is 0 Å². The fourth-order valence-electron chi connectivity index (χ4n) is 2.93. The number of hydrogen-bond donors (Lipinski definition) is 0. The zero-order chi connectivity index (χ0) is 15.0. The summed E-state index contributed by atoms with van der Waals surface area (Å²) in [5, 5.41) is 10.7. The molecule has 0 N–H and O–H groups in total. The molecule has 0 radical (unpaired) electrons. The van der Waals surface area contributed by atoms with Crippen LogP contribution in [0.15, 0.2) is 24.3 Å². The number of rotatable bonds is 2. The van der Waals surface area contributed by atoms with E-state index in [0.717, 1.165) is 24.2 Å². The van der Waals surface area contributed by atoms with Crippen molar-refractivity contribution in [3.05, 3.63) is 34.4 Å². The number of carbonyl (C=O) groups is 2. The highest BCUT2D eigenvalue weighted by Gasteiger charge is 2.45. The molecule has 2 aliphatic heterocycles. The number of non-ortho nitro benzene ring substituents is 1. The Balaban J connectivity index is 1.90. The van der Waals surface area contributed by atoms with Crippen molar-refractivity contribution in [1.82, 2.24) is 4.90 Å². The van der Waals surface area contributed by atoms with Crippen LogP contribution in [0.2, 0.25) is 0 Å². The minimum atomic E-state index is -0.509. The van der Waals surface area contributed by atoms with E-state index in [4.69, 9.17) is 0 Å². The van der Waals surface area contributed by atoms with Gasteiger partial charge in [0.1, 0.15) is 6.04 Å². The number of carbonyl (C=O) groups excluding carboxylic acids is 2. The number of nitrogens with zero attached hydrogens (tertiary/aromatic N) is 3. The number of imide groups is 1. The van der Waals surface area contributed by atoms with Gasteiger partial charge >= 0.3 is 6.03 Å². The summed E-state index contributed by atoms with van der Waals surface area (Å²) in [6, 6.07) is 4.80. The van der Waals surface area contributed by atoms with Crippen LogP contribution in [0.3, 0.4) is 0 Å². The van der Waals surface area contributed by atoms with E-state index in [2.05, 4.69) is 0 Å². The van der Waals surface area contributed by atoms with E-state index in [-0.39, 0.29) is 23.7 Å². The Morgan fingerprint density at radius 1 is 1.10 bits per heavy atom. The molecule has 2 aliphatic rings. The Morgan fingerprint density at radius 3 is 2.48 bits per heavy atom. The van der Waals surface area contributed by atoms with Crippen LogP contribution in [-0.2, 0) is 4.79 Å². The van der Waals surface area contributed by atoms with E-state index in [1.165, 1.54) is 24.3 Å². The Labute approximate surface area is 121 Å². The summed E-state index contributed by atoms with van der Waals surface area (Å²) in [7, 11) is 0. The smallest absolute Gasteiger partial charge is 0.312 e. The SMILES string of the molecule is O=C1C2CCCCCN2C(=O)N1c1ccc([N+](=O)[O-])cc1. The molecule has 21 heavy (non-hydrogen) atoms. The minimum absolute atomic E-state index is 0.0626. The van der Waals surface area contributed by atoms with Gasteiger partial charge in [0, 0.05) is 18.7 Å². The number of nitro groups is 1. The van der Waals surface area contributed by atoms with Crippen LogP contribution in [0, 0.1) is 10.1 Å². The molecule has 1 aromatic rings. The first-order valence-electron chi connectivity index (χ1n) is 6.98. The third-order valence-electron chi connectivity index (χ3n) is 4.01. The lowest BCUT2D eigenvalue weighted by molar-refractivity contribution is -0.384. The van der Waals surface area contributed by atoms with Crippen molar-refractivity contribution in [2.45, 2.75) is 31.7 Å². The maximum atomic E-state index is 12.5. The van der Waals surface area contributed by atoms with Gasteiger partial charge in [-0.3, -0.25) is 14.9 Å². The van der Waals surface area contributed by atoms with Gasteiger partial charge in [-0.15, -0.1) is 0 Å². The lowest BCUT2D eigenvalue weighted by atomic mass is 10.1. The fraction of sp³-hybridized carbons (Fsp3) is 0.429.